The molecule has 1 fully saturated rings. The molecule has 1 aliphatic rings. The number of nitro groups is 1. The maximum Gasteiger partial charge on any atom is 0.411 e. The van der Waals surface area contributed by atoms with E-state index < -0.39 is 16.6 Å². The Morgan fingerprint density at radius 1 is 1.56 bits per heavy atom. The summed E-state index contributed by atoms with van der Waals surface area (Å²) in [5.74, 6) is -0.539. The van der Waals surface area contributed by atoms with Gasteiger partial charge in [0.25, 0.3) is 0 Å². The quantitative estimate of drug-likeness (QED) is 0.251. The van der Waals surface area contributed by atoms with E-state index >= 15 is 0 Å². The molecule has 0 aliphatic carbocycles. The van der Waals surface area contributed by atoms with E-state index in [1.54, 1.807) is 0 Å². The topological polar surface area (TPSA) is 81.5 Å². The number of nitrogens with zero attached hydrogens (tertiary/aromatic N) is 1. The van der Waals surface area contributed by atoms with Gasteiger partial charge in [-0.05, 0) is 19.3 Å². The first kappa shape index (κ1) is 12.8. The molecule has 90 valence electrons. The van der Waals surface area contributed by atoms with Gasteiger partial charge in [-0.25, -0.2) is 4.79 Å². The second kappa shape index (κ2) is 6.37. The lowest BCUT2D eigenvalue weighted by Gasteiger charge is -2.16. The van der Waals surface area contributed by atoms with Crippen molar-refractivity contribution in [3.05, 3.63) is 21.5 Å². The molecule has 1 saturated heterocycles. The molecule has 0 radical (unpaired) electrons. The molecular weight excluding hydrogens is 232 g/mol. The van der Waals surface area contributed by atoms with Crippen LogP contribution in [0.5, 0.6) is 0 Å². The Balaban J connectivity index is 2.80. The lowest BCUT2D eigenvalue weighted by Crippen LogP contribution is -2.27. The van der Waals surface area contributed by atoms with Crippen LogP contribution in [-0.4, -0.2) is 29.8 Å². The molecule has 7 heteroatoms. The number of rotatable bonds is 4. The van der Waals surface area contributed by atoms with Crippen LogP contribution in [0.25, 0.3) is 0 Å². The third kappa shape index (κ3) is 3.41. The number of carbonyl (C=O) groups excluding carboxylic acids is 1. The predicted molar refractivity (Wildman–Crippen MR) is 60.7 cm³/mol. The molecule has 0 bridgehead atoms. The first-order valence-electron chi connectivity index (χ1n) is 5.06. The van der Waals surface area contributed by atoms with Crippen molar-refractivity contribution in [2.75, 3.05) is 18.9 Å². The number of carbonyl (C=O) groups is 1. The minimum atomic E-state index is -0.886. The van der Waals surface area contributed by atoms with Crippen molar-refractivity contribution in [1.29, 1.82) is 0 Å². The van der Waals surface area contributed by atoms with Gasteiger partial charge < -0.3 is 10.1 Å². The molecule has 0 spiro atoms. The summed E-state index contributed by atoms with van der Waals surface area (Å²) in [4.78, 5) is 21.6. The number of thiol groups is 1. The Morgan fingerprint density at radius 3 is 2.81 bits per heavy atom. The summed E-state index contributed by atoms with van der Waals surface area (Å²) in [7, 11) is 0. The average Bonchev–Trinajstić information content (AvgIpc) is 2.27. The number of hydrogen-bond donors (Lipinski definition) is 2. The summed E-state index contributed by atoms with van der Waals surface area (Å²) in [6.07, 6.45) is 2.33. The predicted octanol–water partition coefficient (Wildman–Crippen LogP) is 0.721. The van der Waals surface area contributed by atoms with Crippen LogP contribution in [0.4, 0.5) is 0 Å². The molecule has 16 heavy (non-hydrogen) atoms. The van der Waals surface area contributed by atoms with Crippen LogP contribution in [0, 0.1) is 10.1 Å². The van der Waals surface area contributed by atoms with Gasteiger partial charge in [-0.1, -0.05) is 0 Å². The first-order chi connectivity index (χ1) is 7.66. The molecule has 1 aliphatic heterocycles. The fraction of sp³-hybridized carbons (Fsp3) is 0.667. The minimum absolute atomic E-state index is 0.0760. The summed E-state index contributed by atoms with van der Waals surface area (Å²) in [5.41, 5.74) is -0.0955. The van der Waals surface area contributed by atoms with Gasteiger partial charge in [-0.2, -0.15) is 12.6 Å². The average molecular weight is 246 g/mol. The van der Waals surface area contributed by atoms with Gasteiger partial charge in [0, 0.05) is 12.3 Å². The monoisotopic (exact) mass is 246 g/mol. The maximum atomic E-state index is 11.4. The highest BCUT2D eigenvalue weighted by Gasteiger charge is 2.29. The van der Waals surface area contributed by atoms with Gasteiger partial charge in [0.05, 0.1) is 10.6 Å². The summed E-state index contributed by atoms with van der Waals surface area (Å²) >= 11 is 3.86. The Morgan fingerprint density at radius 2 is 2.31 bits per heavy atom. The van der Waals surface area contributed by atoms with Gasteiger partial charge in [0.1, 0.15) is 6.61 Å². The number of allylic oxidation sites excluding steroid dienone is 1. The van der Waals surface area contributed by atoms with E-state index in [0.29, 0.717) is 24.4 Å². The van der Waals surface area contributed by atoms with E-state index in [4.69, 9.17) is 4.74 Å². The molecule has 1 N–H and O–H groups in total. The summed E-state index contributed by atoms with van der Waals surface area (Å²) < 4.78 is 4.71. The Bertz CT molecular complexity index is 309. The normalized spacial score (nSPS) is 18.6. The lowest BCUT2D eigenvalue weighted by atomic mass is 10.1. The second-order valence-electron chi connectivity index (χ2n) is 3.33. The van der Waals surface area contributed by atoms with E-state index in [-0.39, 0.29) is 6.61 Å². The number of hydrogen-bond acceptors (Lipinski definition) is 6. The number of ether oxygens (including phenoxy) is 1. The van der Waals surface area contributed by atoms with Gasteiger partial charge in [0.2, 0.25) is 0 Å². The van der Waals surface area contributed by atoms with Gasteiger partial charge in [-0.3, -0.25) is 10.1 Å². The SMILES string of the molecule is O=C(OCCS)/C(=C1/CCCCN1)[N+](=O)[O-]. The Kier molecular flexibility index (Phi) is 5.10. The molecule has 1 rings (SSSR count). The highest BCUT2D eigenvalue weighted by Crippen LogP contribution is 2.16. The van der Waals surface area contributed by atoms with Gasteiger partial charge >= 0.3 is 11.7 Å². The standard InChI is InChI=1S/C9H14N2O4S/c12-9(15-5-6-16)8(11(13)14)7-3-1-2-4-10-7/h10,16H,1-6H2/b8-7+. The Labute approximate surface area is 98.6 Å². The number of piperidine rings is 1. The highest BCUT2D eigenvalue weighted by atomic mass is 32.1. The van der Waals surface area contributed by atoms with Crippen molar-refractivity contribution < 1.29 is 14.5 Å². The Hall–Kier alpha value is -1.24. The molecular formula is C9H14N2O4S. The third-order valence-electron chi connectivity index (χ3n) is 2.18. The lowest BCUT2D eigenvalue weighted by molar-refractivity contribution is -0.423. The van der Waals surface area contributed by atoms with Gasteiger partial charge in [-0.15, -0.1) is 0 Å². The molecule has 0 aromatic carbocycles. The molecule has 0 aromatic heterocycles. The maximum absolute atomic E-state index is 11.4. The van der Waals surface area contributed by atoms with E-state index in [1.165, 1.54) is 0 Å². The smallest absolute Gasteiger partial charge is 0.411 e. The zero-order chi connectivity index (χ0) is 12.0. The number of nitrogens with one attached hydrogen (secondary N) is 1. The minimum Gasteiger partial charge on any atom is -0.457 e. The molecule has 0 atom stereocenters. The number of esters is 1. The van der Waals surface area contributed by atoms with Crippen molar-refractivity contribution in [3.8, 4) is 0 Å². The molecule has 0 unspecified atom stereocenters. The van der Waals surface area contributed by atoms with Crippen LogP contribution >= 0.6 is 12.6 Å². The van der Waals surface area contributed by atoms with Crippen molar-refractivity contribution in [1.82, 2.24) is 5.32 Å². The van der Waals surface area contributed by atoms with Crippen LogP contribution in [0.1, 0.15) is 19.3 Å². The molecule has 0 amide bonds. The summed E-state index contributed by atoms with van der Waals surface area (Å²) in [5, 5.41) is 13.7. The van der Waals surface area contributed by atoms with Crippen molar-refractivity contribution >= 4 is 18.6 Å². The fourth-order valence-electron chi connectivity index (χ4n) is 1.47. The molecule has 0 aromatic rings. The molecule has 0 saturated carbocycles. The summed E-state index contributed by atoms with van der Waals surface area (Å²) in [6.45, 7) is 0.735. The van der Waals surface area contributed by atoms with Crippen molar-refractivity contribution in [2.24, 2.45) is 0 Å². The third-order valence-corrected chi connectivity index (χ3v) is 2.36. The van der Waals surface area contributed by atoms with E-state index in [9.17, 15) is 14.9 Å². The van der Waals surface area contributed by atoms with Crippen LogP contribution in [0.15, 0.2) is 11.4 Å². The van der Waals surface area contributed by atoms with Crippen molar-refractivity contribution in [2.45, 2.75) is 19.3 Å². The van der Waals surface area contributed by atoms with E-state index in [2.05, 4.69) is 17.9 Å². The van der Waals surface area contributed by atoms with Gasteiger partial charge in [0.15, 0.2) is 0 Å². The molecule has 1 heterocycles. The zero-order valence-electron chi connectivity index (χ0n) is 8.77. The van der Waals surface area contributed by atoms with E-state index in [0.717, 1.165) is 12.8 Å². The van der Waals surface area contributed by atoms with Crippen LogP contribution in [0.3, 0.4) is 0 Å². The van der Waals surface area contributed by atoms with Crippen LogP contribution in [-0.2, 0) is 9.53 Å². The van der Waals surface area contributed by atoms with Crippen LogP contribution in [0.2, 0.25) is 0 Å². The molecule has 6 nitrogen and oxygen atoms in total. The fourth-order valence-corrected chi connectivity index (χ4v) is 1.56. The largest absolute Gasteiger partial charge is 0.457 e. The van der Waals surface area contributed by atoms with Crippen LogP contribution < -0.4 is 5.32 Å². The zero-order valence-corrected chi connectivity index (χ0v) is 9.66. The van der Waals surface area contributed by atoms with E-state index in [1.807, 2.05) is 0 Å². The highest BCUT2D eigenvalue weighted by molar-refractivity contribution is 7.80. The van der Waals surface area contributed by atoms with Crippen molar-refractivity contribution in [3.63, 3.8) is 0 Å². The first-order valence-corrected chi connectivity index (χ1v) is 5.69. The summed E-state index contributed by atoms with van der Waals surface area (Å²) in [6, 6.07) is 0. The second-order valence-corrected chi connectivity index (χ2v) is 3.77.